The van der Waals surface area contributed by atoms with Gasteiger partial charge >= 0.3 is 0 Å². The highest BCUT2D eigenvalue weighted by Gasteiger charge is 2.22. The molecule has 1 atom stereocenters. The Hall–Kier alpha value is -4.08. The minimum absolute atomic E-state index is 0. The van der Waals surface area contributed by atoms with E-state index in [-0.39, 0.29) is 41.2 Å². The van der Waals surface area contributed by atoms with E-state index in [1.54, 1.807) is 25.4 Å². The molecule has 2 aromatic heterocycles. The van der Waals surface area contributed by atoms with Crippen LogP contribution in [0.3, 0.4) is 0 Å². The van der Waals surface area contributed by atoms with Crippen molar-refractivity contribution in [3.63, 3.8) is 0 Å². The highest BCUT2D eigenvalue weighted by Crippen LogP contribution is 2.32. The monoisotopic (exact) mass is 550 g/mol. The summed E-state index contributed by atoms with van der Waals surface area (Å²) in [6.07, 6.45) is 2.38. The zero-order valence-electron chi connectivity index (χ0n) is 22.3. The predicted octanol–water partition coefficient (Wildman–Crippen LogP) is 4.61. The van der Waals surface area contributed by atoms with Gasteiger partial charge in [-0.25, -0.2) is 9.37 Å². The van der Waals surface area contributed by atoms with E-state index in [4.69, 9.17) is 4.98 Å². The topological polar surface area (TPSA) is 92.1 Å². The molecular weight excluding hydrogens is 519 g/mol. The molecule has 204 valence electrons. The summed E-state index contributed by atoms with van der Waals surface area (Å²) in [4.78, 5) is 37.0. The number of likely N-dealkylation sites (N-methyl/N-ethyl adjacent to an activating group) is 1. The molecule has 0 unspecified atom stereocenters. The van der Waals surface area contributed by atoms with E-state index in [9.17, 15) is 14.0 Å². The Morgan fingerprint density at radius 1 is 1.03 bits per heavy atom. The molecule has 0 saturated carbocycles. The lowest BCUT2D eigenvalue weighted by molar-refractivity contribution is -0.114. The molecule has 39 heavy (non-hydrogen) atoms. The van der Waals surface area contributed by atoms with Gasteiger partial charge in [0.05, 0.1) is 11.3 Å². The maximum absolute atomic E-state index is 13.7. The molecule has 4 rings (SSSR count). The average Bonchev–Trinajstić information content (AvgIpc) is 2.90. The summed E-state index contributed by atoms with van der Waals surface area (Å²) in [5.74, 6) is -0.335. The van der Waals surface area contributed by atoms with Crippen molar-refractivity contribution in [2.24, 2.45) is 7.05 Å². The second kappa shape index (κ2) is 13.1. The van der Waals surface area contributed by atoms with Crippen LogP contribution in [0.4, 0.5) is 16.0 Å². The average molecular weight is 551 g/mol. The van der Waals surface area contributed by atoms with Crippen LogP contribution in [-0.2, 0) is 18.3 Å². The quantitative estimate of drug-likeness (QED) is 0.316. The number of carbonyl (C=O) groups excluding carboxylic acids is 1. The molecule has 8 nitrogen and oxygen atoms in total. The number of benzene rings is 2. The zero-order valence-corrected chi connectivity index (χ0v) is 23.1. The van der Waals surface area contributed by atoms with Crippen molar-refractivity contribution in [2.75, 3.05) is 31.3 Å². The van der Waals surface area contributed by atoms with E-state index in [0.717, 1.165) is 6.42 Å². The van der Waals surface area contributed by atoms with Crippen LogP contribution >= 0.6 is 12.4 Å². The van der Waals surface area contributed by atoms with Crippen molar-refractivity contribution >= 4 is 29.9 Å². The minimum Gasteiger partial charge on any atom is -0.354 e. The van der Waals surface area contributed by atoms with Crippen molar-refractivity contribution < 1.29 is 9.18 Å². The van der Waals surface area contributed by atoms with Crippen LogP contribution in [-0.4, -0.2) is 52.0 Å². The highest BCUT2D eigenvalue weighted by molar-refractivity contribution is 5.94. The molecule has 0 aliphatic heterocycles. The smallest absolute Gasteiger partial charge is 0.263 e. The number of hydrogen-bond acceptors (Lipinski definition) is 6. The van der Waals surface area contributed by atoms with E-state index in [0.29, 0.717) is 29.4 Å². The zero-order chi connectivity index (χ0) is 27.2. The van der Waals surface area contributed by atoms with Gasteiger partial charge in [0.15, 0.2) is 0 Å². The Morgan fingerprint density at radius 3 is 2.36 bits per heavy atom. The summed E-state index contributed by atoms with van der Waals surface area (Å²) in [6, 6.07) is 19.4. The van der Waals surface area contributed by atoms with Gasteiger partial charge in [-0.15, -0.1) is 12.4 Å². The number of pyridine rings is 1. The highest BCUT2D eigenvalue weighted by atomic mass is 35.5. The molecule has 0 aliphatic rings. The first-order chi connectivity index (χ1) is 18.2. The van der Waals surface area contributed by atoms with Gasteiger partial charge in [0.2, 0.25) is 11.9 Å². The maximum atomic E-state index is 13.7. The number of amides is 1. The van der Waals surface area contributed by atoms with Crippen molar-refractivity contribution in [3.05, 3.63) is 94.7 Å². The molecule has 0 radical (unpaired) electrons. The Kier molecular flexibility index (Phi) is 9.92. The summed E-state index contributed by atoms with van der Waals surface area (Å²) in [7, 11) is 5.67. The van der Waals surface area contributed by atoms with Crippen molar-refractivity contribution in [1.82, 2.24) is 19.4 Å². The molecule has 4 aromatic rings. The van der Waals surface area contributed by atoms with Crippen molar-refractivity contribution in [1.29, 1.82) is 0 Å². The summed E-state index contributed by atoms with van der Waals surface area (Å²) in [5.41, 5.74) is 2.69. The van der Waals surface area contributed by atoms with Crippen molar-refractivity contribution in [2.45, 2.75) is 19.4 Å². The van der Waals surface area contributed by atoms with Crippen LogP contribution in [0.2, 0.25) is 0 Å². The Morgan fingerprint density at radius 2 is 1.72 bits per heavy atom. The Bertz CT molecular complexity index is 1480. The molecular formula is C29H32ClFN6O2. The van der Waals surface area contributed by atoms with Crippen molar-refractivity contribution in [3.8, 4) is 22.5 Å². The molecule has 2 aromatic carbocycles. The van der Waals surface area contributed by atoms with Gasteiger partial charge in [-0.05, 0) is 55.9 Å². The fourth-order valence-corrected chi connectivity index (χ4v) is 4.23. The second-order valence-corrected chi connectivity index (χ2v) is 9.30. The molecule has 0 fully saturated rings. The molecule has 0 spiro atoms. The number of nitrogens with one attached hydrogen (secondary N) is 2. The van der Waals surface area contributed by atoms with E-state index in [1.807, 2.05) is 32.3 Å². The second-order valence-electron chi connectivity index (χ2n) is 9.30. The third-order valence-corrected chi connectivity index (χ3v) is 6.31. The summed E-state index contributed by atoms with van der Waals surface area (Å²) >= 11 is 0. The SMILES string of the molecule is CC(=O)Nc1cccnc1-c1nc(NC[C@H](Cc2ccccc2)N(C)C)n(C)c(=O)c1-c1ccc(F)cc1.Cl. The normalized spacial score (nSPS) is 11.5. The summed E-state index contributed by atoms with van der Waals surface area (Å²) in [5, 5.41) is 6.12. The predicted molar refractivity (Wildman–Crippen MR) is 156 cm³/mol. The van der Waals surface area contributed by atoms with Gasteiger partial charge in [0.25, 0.3) is 5.56 Å². The van der Waals surface area contributed by atoms with Gasteiger partial charge in [0.1, 0.15) is 17.2 Å². The van der Waals surface area contributed by atoms with Crippen LogP contribution in [0, 0.1) is 5.82 Å². The Balaban J connectivity index is 0.00000420. The third-order valence-electron chi connectivity index (χ3n) is 6.31. The van der Waals surface area contributed by atoms with Crippen LogP contribution < -0.4 is 16.2 Å². The number of nitrogens with zero attached hydrogens (tertiary/aromatic N) is 4. The van der Waals surface area contributed by atoms with Crippen LogP contribution in [0.15, 0.2) is 77.7 Å². The van der Waals surface area contributed by atoms with E-state index >= 15 is 0 Å². The van der Waals surface area contributed by atoms with Gasteiger partial charge in [0, 0.05) is 32.8 Å². The number of aromatic nitrogens is 3. The maximum Gasteiger partial charge on any atom is 0.263 e. The lowest BCUT2D eigenvalue weighted by Gasteiger charge is -2.26. The molecule has 0 aliphatic carbocycles. The largest absolute Gasteiger partial charge is 0.354 e. The molecule has 1 amide bonds. The van der Waals surface area contributed by atoms with Gasteiger partial charge in [-0.3, -0.25) is 19.1 Å². The fraction of sp³-hybridized carbons (Fsp3) is 0.241. The Labute approximate surface area is 233 Å². The molecule has 2 heterocycles. The first kappa shape index (κ1) is 29.5. The first-order valence-corrected chi connectivity index (χ1v) is 12.3. The first-order valence-electron chi connectivity index (χ1n) is 12.3. The van der Waals surface area contributed by atoms with Gasteiger partial charge < -0.3 is 15.5 Å². The van der Waals surface area contributed by atoms with E-state index in [2.05, 4.69) is 32.7 Å². The number of rotatable bonds is 9. The lowest BCUT2D eigenvalue weighted by atomic mass is 10.0. The van der Waals surface area contributed by atoms with Crippen LogP contribution in [0.1, 0.15) is 12.5 Å². The minimum atomic E-state index is -0.414. The van der Waals surface area contributed by atoms with Gasteiger partial charge in [-0.1, -0.05) is 42.5 Å². The fourth-order valence-electron chi connectivity index (χ4n) is 4.23. The number of anilines is 2. The molecule has 0 saturated heterocycles. The number of carbonyl (C=O) groups is 1. The van der Waals surface area contributed by atoms with E-state index < -0.39 is 5.82 Å². The van der Waals surface area contributed by atoms with Crippen LogP contribution in [0.5, 0.6) is 0 Å². The molecule has 10 heteroatoms. The van der Waals surface area contributed by atoms with Gasteiger partial charge in [-0.2, -0.15) is 0 Å². The van der Waals surface area contributed by atoms with E-state index in [1.165, 1.54) is 41.3 Å². The number of halogens is 2. The molecule has 0 bridgehead atoms. The number of hydrogen-bond donors (Lipinski definition) is 2. The van der Waals surface area contributed by atoms with Crippen LogP contribution in [0.25, 0.3) is 22.5 Å². The summed E-state index contributed by atoms with van der Waals surface area (Å²) < 4.78 is 15.1. The third kappa shape index (κ3) is 7.07. The standard InChI is InChI=1S/C29H31FN6O2.ClH/c1-19(37)33-24-11-8-16-31-26(24)27-25(21-12-14-22(30)15-13-21)28(38)36(4)29(34-27)32-18-23(35(2)3)17-20-9-6-5-7-10-20;/h5-16,23H,17-18H2,1-4H3,(H,32,34)(H,33,37);1H/t23-;/m0./s1. The lowest BCUT2D eigenvalue weighted by Crippen LogP contribution is -2.37. The summed E-state index contributed by atoms with van der Waals surface area (Å²) in [6.45, 7) is 1.93. The molecule has 2 N–H and O–H groups in total.